The minimum absolute atomic E-state index is 0.542. The molecule has 19 heavy (non-hydrogen) atoms. The van der Waals surface area contributed by atoms with E-state index in [2.05, 4.69) is 40.0 Å². The summed E-state index contributed by atoms with van der Waals surface area (Å²) in [6, 6.07) is 10.4. The lowest BCUT2D eigenvalue weighted by Crippen LogP contribution is -1.96. The fraction of sp³-hybridized carbons (Fsp3) is 0.312. The number of halogens is 1. The van der Waals surface area contributed by atoms with Crippen LogP contribution in [0.5, 0.6) is 5.75 Å². The van der Waals surface area contributed by atoms with Crippen LogP contribution in [0.3, 0.4) is 0 Å². The van der Waals surface area contributed by atoms with Crippen LogP contribution in [0, 0.1) is 0 Å². The number of ether oxygens (including phenoxy) is 1. The molecule has 0 saturated heterocycles. The highest BCUT2D eigenvalue weighted by molar-refractivity contribution is 9.10. The lowest BCUT2D eigenvalue weighted by molar-refractivity contribution is 0.305. The Kier molecular flexibility index (Phi) is 5.40. The molecule has 0 unspecified atom stereocenters. The van der Waals surface area contributed by atoms with E-state index in [1.54, 1.807) is 6.20 Å². The number of nitrogens with zero attached hydrogens (tertiary/aromatic N) is 1. The van der Waals surface area contributed by atoms with E-state index in [0.717, 1.165) is 22.2 Å². The fourth-order valence-corrected chi connectivity index (χ4v) is 2.25. The largest absolute Gasteiger partial charge is 0.489 e. The molecule has 0 fully saturated rings. The van der Waals surface area contributed by atoms with Gasteiger partial charge in [-0.2, -0.15) is 0 Å². The van der Waals surface area contributed by atoms with Crippen LogP contribution in [-0.4, -0.2) is 4.98 Å². The van der Waals surface area contributed by atoms with Gasteiger partial charge in [0.05, 0.1) is 0 Å². The van der Waals surface area contributed by atoms with Crippen LogP contribution in [0.1, 0.15) is 30.9 Å². The molecule has 0 aliphatic carbocycles. The maximum atomic E-state index is 5.75. The van der Waals surface area contributed by atoms with Crippen LogP contribution in [0.25, 0.3) is 0 Å². The molecule has 1 heterocycles. The van der Waals surface area contributed by atoms with Crippen LogP contribution in [0.4, 0.5) is 0 Å². The Balaban J connectivity index is 1.89. The monoisotopic (exact) mass is 319 g/mol. The van der Waals surface area contributed by atoms with Gasteiger partial charge >= 0.3 is 0 Å². The second-order valence-corrected chi connectivity index (χ2v) is 5.46. The standard InChI is InChI=1S/C16H18BrNO/c1-2-3-4-13-5-7-16(8-6-13)19-12-14-9-15(17)11-18-10-14/h5-11H,2-4,12H2,1H3. The minimum Gasteiger partial charge on any atom is -0.489 e. The van der Waals surface area contributed by atoms with Crippen molar-refractivity contribution in [2.45, 2.75) is 32.8 Å². The van der Waals surface area contributed by atoms with E-state index >= 15 is 0 Å². The molecule has 3 heteroatoms. The summed E-state index contributed by atoms with van der Waals surface area (Å²) >= 11 is 3.40. The quantitative estimate of drug-likeness (QED) is 0.765. The van der Waals surface area contributed by atoms with Crippen molar-refractivity contribution in [3.63, 3.8) is 0 Å². The summed E-state index contributed by atoms with van der Waals surface area (Å²) in [5.41, 5.74) is 2.43. The molecular weight excluding hydrogens is 302 g/mol. The molecule has 0 radical (unpaired) electrons. The third-order valence-electron chi connectivity index (χ3n) is 2.91. The summed E-state index contributed by atoms with van der Waals surface area (Å²) < 4.78 is 6.72. The number of benzene rings is 1. The second-order valence-electron chi connectivity index (χ2n) is 4.55. The van der Waals surface area contributed by atoms with Crippen molar-refractivity contribution in [1.29, 1.82) is 0 Å². The Morgan fingerprint density at radius 3 is 2.58 bits per heavy atom. The summed E-state index contributed by atoms with van der Waals surface area (Å²) in [5, 5.41) is 0. The van der Waals surface area contributed by atoms with Gasteiger partial charge in [-0.15, -0.1) is 0 Å². The lowest BCUT2D eigenvalue weighted by Gasteiger charge is -2.07. The van der Waals surface area contributed by atoms with Crippen LogP contribution >= 0.6 is 15.9 Å². The third-order valence-corrected chi connectivity index (χ3v) is 3.34. The summed E-state index contributed by atoms with van der Waals surface area (Å²) in [5.74, 6) is 0.903. The molecule has 2 nitrogen and oxygen atoms in total. The van der Waals surface area contributed by atoms with Crippen molar-refractivity contribution < 1.29 is 4.74 Å². The van der Waals surface area contributed by atoms with Crippen molar-refractivity contribution in [3.05, 3.63) is 58.3 Å². The predicted molar refractivity (Wildman–Crippen MR) is 81.3 cm³/mol. The number of hydrogen-bond acceptors (Lipinski definition) is 2. The van der Waals surface area contributed by atoms with Gasteiger partial charge in [-0.05, 0) is 52.5 Å². The van der Waals surface area contributed by atoms with Gasteiger partial charge in [0.25, 0.3) is 0 Å². The molecule has 0 bridgehead atoms. The third kappa shape index (κ3) is 4.67. The summed E-state index contributed by atoms with van der Waals surface area (Å²) in [6.07, 6.45) is 7.21. The molecule has 0 aliphatic heterocycles. The zero-order valence-corrected chi connectivity index (χ0v) is 12.7. The van der Waals surface area contributed by atoms with Gasteiger partial charge in [0.2, 0.25) is 0 Å². The number of aryl methyl sites for hydroxylation is 1. The molecule has 1 aromatic heterocycles. The molecule has 0 spiro atoms. The summed E-state index contributed by atoms with van der Waals surface area (Å²) in [6.45, 7) is 2.75. The summed E-state index contributed by atoms with van der Waals surface area (Å²) in [7, 11) is 0. The number of rotatable bonds is 6. The SMILES string of the molecule is CCCCc1ccc(OCc2cncc(Br)c2)cc1. The van der Waals surface area contributed by atoms with Gasteiger partial charge in [0.15, 0.2) is 0 Å². The van der Waals surface area contributed by atoms with Gasteiger partial charge < -0.3 is 4.74 Å². The van der Waals surface area contributed by atoms with Gasteiger partial charge in [0.1, 0.15) is 12.4 Å². The average Bonchev–Trinajstić information content (AvgIpc) is 2.44. The van der Waals surface area contributed by atoms with Crippen LogP contribution in [0.15, 0.2) is 47.2 Å². The van der Waals surface area contributed by atoms with Crippen molar-refractivity contribution in [2.75, 3.05) is 0 Å². The molecule has 0 aliphatic rings. The highest BCUT2D eigenvalue weighted by Crippen LogP contribution is 2.16. The highest BCUT2D eigenvalue weighted by Gasteiger charge is 1.98. The summed E-state index contributed by atoms with van der Waals surface area (Å²) in [4.78, 5) is 4.12. The van der Waals surface area contributed by atoms with E-state index in [1.807, 2.05) is 24.4 Å². The molecule has 0 amide bonds. The zero-order valence-electron chi connectivity index (χ0n) is 11.1. The van der Waals surface area contributed by atoms with E-state index in [-0.39, 0.29) is 0 Å². The normalized spacial score (nSPS) is 10.4. The van der Waals surface area contributed by atoms with Crippen LogP contribution in [0.2, 0.25) is 0 Å². The molecule has 0 N–H and O–H groups in total. The molecule has 100 valence electrons. The van der Waals surface area contributed by atoms with E-state index in [1.165, 1.54) is 18.4 Å². The Labute approximate surface area is 123 Å². The molecule has 2 rings (SSSR count). The van der Waals surface area contributed by atoms with Crippen LogP contribution in [-0.2, 0) is 13.0 Å². The topological polar surface area (TPSA) is 22.1 Å². The Morgan fingerprint density at radius 1 is 1.11 bits per heavy atom. The number of hydrogen-bond donors (Lipinski definition) is 0. The average molecular weight is 320 g/mol. The first kappa shape index (κ1) is 14.1. The van der Waals surface area contributed by atoms with Crippen LogP contribution < -0.4 is 4.74 Å². The Morgan fingerprint density at radius 2 is 1.89 bits per heavy atom. The first-order valence-electron chi connectivity index (χ1n) is 6.59. The molecule has 2 aromatic rings. The zero-order chi connectivity index (χ0) is 13.5. The molecular formula is C16H18BrNO. The van der Waals surface area contributed by atoms with Gasteiger partial charge in [-0.25, -0.2) is 0 Å². The predicted octanol–water partition coefficient (Wildman–Crippen LogP) is 4.77. The first-order valence-corrected chi connectivity index (χ1v) is 7.38. The molecule has 0 atom stereocenters. The van der Waals surface area contributed by atoms with Crippen molar-refractivity contribution in [1.82, 2.24) is 4.98 Å². The Hall–Kier alpha value is -1.35. The molecule has 0 saturated carbocycles. The number of pyridine rings is 1. The lowest BCUT2D eigenvalue weighted by atomic mass is 10.1. The van der Waals surface area contributed by atoms with Gasteiger partial charge in [-0.1, -0.05) is 25.5 Å². The molecule has 1 aromatic carbocycles. The van der Waals surface area contributed by atoms with Gasteiger partial charge in [-0.3, -0.25) is 4.98 Å². The van der Waals surface area contributed by atoms with Gasteiger partial charge in [0, 0.05) is 22.4 Å². The van der Waals surface area contributed by atoms with Crippen molar-refractivity contribution in [2.24, 2.45) is 0 Å². The Bertz CT molecular complexity index is 510. The van der Waals surface area contributed by atoms with Crippen molar-refractivity contribution in [3.8, 4) is 5.75 Å². The maximum Gasteiger partial charge on any atom is 0.119 e. The second kappa shape index (κ2) is 7.29. The number of aromatic nitrogens is 1. The van der Waals surface area contributed by atoms with Crippen molar-refractivity contribution >= 4 is 15.9 Å². The first-order chi connectivity index (χ1) is 9.28. The van der Waals surface area contributed by atoms with E-state index in [0.29, 0.717) is 6.61 Å². The maximum absolute atomic E-state index is 5.75. The number of unbranched alkanes of at least 4 members (excludes halogenated alkanes) is 1. The fourth-order valence-electron chi connectivity index (χ4n) is 1.83. The highest BCUT2D eigenvalue weighted by atomic mass is 79.9. The smallest absolute Gasteiger partial charge is 0.119 e. The van der Waals surface area contributed by atoms with E-state index in [9.17, 15) is 0 Å². The minimum atomic E-state index is 0.542. The van der Waals surface area contributed by atoms with E-state index in [4.69, 9.17) is 4.74 Å². The van der Waals surface area contributed by atoms with E-state index < -0.39 is 0 Å².